The van der Waals surface area contributed by atoms with Crippen LogP contribution in [-0.4, -0.2) is 63.0 Å². The Labute approximate surface area is 252 Å². The highest BCUT2D eigenvalue weighted by Crippen LogP contribution is 2.52. The molecule has 5 N–H and O–H groups in total. The minimum Gasteiger partial charge on any atom is -0.392 e. The summed E-state index contributed by atoms with van der Waals surface area (Å²) in [5, 5.41) is 19.4. The van der Waals surface area contributed by atoms with E-state index in [1.807, 2.05) is 20.2 Å². The summed E-state index contributed by atoms with van der Waals surface area (Å²) < 4.78 is 0. The van der Waals surface area contributed by atoms with Crippen molar-refractivity contribution in [3.8, 4) is 6.07 Å². The van der Waals surface area contributed by atoms with E-state index in [2.05, 4.69) is 59.1 Å². The average Bonchev–Trinajstić information content (AvgIpc) is 3.34. The molecule has 8 heteroatoms. The molecule has 6 atom stereocenters. The third-order valence-electron chi connectivity index (χ3n) is 10.4. The van der Waals surface area contributed by atoms with Gasteiger partial charge in [0.25, 0.3) is 5.91 Å². The number of fused-ring (bicyclic) bond motifs is 2. The van der Waals surface area contributed by atoms with Crippen LogP contribution >= 0.6 is 0 Å². The summed E-state index contributed by atoms with van der Waals surface area (Å²) in [6.45, 7) is 12.4. The fourth-order valence-corrected chi connectivity index (χ4v) is 8.11. The van der Waals surface area contributed by atoms with Gasteiger partial charge in [-0.2, -0.15) is 5.26 Å². The van der Waals surface area contributed by atoms with Crippen molar-refractivity contribution in [3.63, 3.8) is 0 Å². The number of nitrogens with two attached hydrogens (primary N) is 1. The number of amides is 1. The first-order chi connectivity index (χ1) is 20.2. The number of hydrogen-bond acceptors (Lipinski definition) is 6. The zero-order valence-electron chi connectivity index (χ0n) is 26.1. The molecule has 1 aliphatic heterocycles. The van der Waals surface area contributed by atoms with E-state index in [0.29, 0.717) is 35.7 Å². The molecule has 1 saturated heterocycles. The van der Waals surface area contributed by atoms with Crippen molar-refractivity contribution in [1.82, 2.24) is 20.9 Å². The molecule has 2 aliphatic carbocycles. The number of nitrogens with one attached hydrogen (secondary N) is 3. The molecule has 1 amide bonds. The maximum atomic E-state index is 12.6. The Morgan fingerprint density at radius 2 is 1.95 bits per heavy atom. The van der Waals surface area contributed by atoms with Gasteiger partial charge in [0.2, 0.25) is 0 Å². The largest absolute Gasteiger partial charge is 0.392 e. The van der Waals surface area contributed by atoms with Crippen LogP contribution in [0.4, 0.5) is 0 Å². The number of likely N-dealkylation sites (tertiary alicyclic amines) is 1. The van der Waals surface area contributed by atoms with E-state index in [0.717, 1.165) is 75.7 Å². The number of hydrogen-bond donors (Lipinski definition) is 4. The Morgan fingerprint density at radius 1 is 1.19 bits per heavy atom. The topological polar surface area (TPSA) is 119 Å². The van der Waals surface area contributed by atoms with Gasteiger partial charge < -0.3 is 26.6 Å². The highest BCUT2D eigenvalue weighted by Gasteiger charge is 2.51. The van der Waals surface area contributed by atoms with E-state index in [1.54, 1.807) is 7.05 Å². The van der Waals surface area contributed by atoms with Gasteiger partial charge in [0, 0.05) is 57.2 Å². The lowest BCUT2D eigenvalue weighted by atomic mass is 9.60. The number of nitriles is 1. The molecule has 228 valence electrons. The van der Waals surface area contributed by atoms with Crippen molar-refractivity contribution in [2.24, 2.45) is 28.5 Å². The lowest BCUT2D eigenvalue weighted by Crippen LogP contribution is -2.53. The number of allylic oxidation sites excluding steroid dienone is 1. The minimum atomic E-state index is -0.473. The fraction of sp³-hybridized carbons (Fsp3) is 0.618. The first-order valence-electron chi connectivity index (χ1n) is 15.7. The van der Waals surface area contributed by atoms with Crippen molar-refractivity contribution in [2.75, 3.05) is 34.2 Å². The van der Waals surface area contributed by atoms with Crippen LogP contribution < -0.4 is 21.7 Å². The van der Waals surface area contributed by atoms with Crippen LogP contribution in [0.1, 0.15) is 79.8 Å². The van der Waals surface area contributed by atoms with Gasteiger partial charge in [-0.3, -0.25) is 9.79 Å². The van der Waals surface area contributed by atoms with Gasteiger partial charge in [0.15, 0.2) is 0 Å². The van der Waals surface area contributed by atoms with Gasteiger partial charge in [-0.15, -0.1) is 0 Å². The highest BCUT2D eigenvalue weighted by atomic mass is 16.1. The summed E-state index contributed by atoms with van der Waals surface area (Å²) in [6, 6.07) is 8.65. The zero-order valence-corrected chi connectivity index (χ0v) is 26.1. The van der Waals surface area contributed by atoms with E-state index in [9.17, 15) is 10.1 Å². The van der Waals surface area contributed by atoms with E-state index >= 15 is 0 Å². The number of benzene rings is 1. The average molecular weight is 574 g/mol. The van der Waals surface area contributed by atoms with Gasteiger partial charge in [-0.25, -0.2) is 0 Å². The van der Waals surface area contributed by atoms with E-state index in [-0.39, 0.29) is 18.0 Å². The van der Waals surface area contributed by atoms with Crippen LogP contribution in [0.3, 0.4) is 0 Å². The van der Waals surface area contributed by atoms with Crippen LogP contribution in [-0.2, 0) is 11.8 Å². The van der Waals surface area contributed by atoms with Crippen LogP contribution in [0, 0.1) is 29.1 Å². The molecule has 2 fully saturated rings. The highest BCUT2D eigenvalue weighted by molar-refractivity contribution is 5.96. The van der Waals surface area contributed by atoms with Gasteiger partial charge in [0.1, 0.15) is 11.9 Å². The maximum absolute atomic E-state index is 12.6. The van der Waals surface area contributed by atoms with Crippen LogP contribution in [0.25, 0.3) is 0 Å². The molecule has 0 radical (unpaired) electrons. The number of carbonyl (C=O) groups excluding carboxylic acids is 1. The number of amidine groups is 1. The molecule has 1 heterocycles. The van der Waals surface area contributed by atoms with Crippen molar-refractivity contribution in [1.29, 1.82) is 5.26 Å². The fourth-order valence-electron chi connectivity index (χ4n) is 8.11. The van der Waals surface area contributed by atoms with Gasteiger partial charge >= 0.3 is 0 Å². The summed E-state index contributed by atoms with van der Waals surface area (Å²) in [6.07, 6.45) is 9.04. The lowest BCUT2D eigenvalue weighted by Gasteiger charge is -2.45. The molecule has 1 saturated carbocycles. The number of carbonyl (C=O) groups is 1. The van der Waals surface area contributed by atoms with E-state index in [4.69, 9.17) is 10.7 Å². The second-order valence-electron chi connectivity index (χ2n) is 12.6. The predicted octanol–water partition coefficient (Wildman–Crippen LogP) is 4.24. The van der Waals surface area contributed by atoms with Crippen LogP contribution in [0.2, 0.25) is 0 Å². The van der Waals surface area contributed by atoms with Crippen molar-refractivity contribution in [2.45, 2.75) is 82.2 Å². The molecule has 8 nitrogen and oxygen atoms in total. The molecule has 1 aromatic carbocycles. The number of aryl methyl sites for hydroxylation is 1. The summed E-state index contributed by atoms with van der Waals surface area (Å²) in [5.74, 6) is 1.85. The smallest absolute Gasteiger partial charge is 0.251 e. The Morgan fingerprint density at radius 3 is 2.64 bits per heavy atom. The summed E-state index contributed by atoms with van der Waals surface area (Å²) in [7, 11) is 5.46. The first-order valence-corrected chi connectivity index (χ1v) is 15.7. The molecule has 1 aromatic rings. The van der Waals surface area contributed by atoms with Crippen molar-refractivity contribution >= 4 is 11.7 Å². The van der Waals surface area contributed by atoms with Crippen molar-refractivity contribution < 1.29 is 4.79 Å². The number of nitrogens with zero attached hydrogens (tertiary/aromatic N) is 3. The zero-order chi connectivity index (χ0) is 30.4. The van der Waals surface area contributed by atoms with Crippen molar-refractivity contribution in [3.05, 3.63) is 59.4 Å². The van der Waals surface area contributed by atoms with Gasteiger partial charge in [0.05, 0.1) is 11.5 Å². The SMILES string of the molecule is C=C(NC)[C@@H]1CCC2CCc3cc(C(=O)NC)ccc3C(C[C@@H](C)NCC(=C)N3CCCC3C#N)(C(N)=NC)C2CC1. The second kappa shape index (κ2) is 13.8. The molecule has 4 rings (SSSR count). The summed E-state index contributed by atoms with van der Waals surface area (Å²) >= 11 is 0. The second-order valence-corrected chi connectivity index (χ2v) is 12.6. The molecule has 4 unspecified atom stereocenters. The maximum Gasteiger partial charge on any atom is 0.251 e. The first kappa shape index (κ1) is 31.6. The summed E-state index contributed by atoms with van der Waals surface area (Å²) in [4.78, 5) is 19.5. The van der Waals surface area contributed by atoms with Crippen LogP contribution in [0.5, 0.6) is 0 Å². The monoisotopic (exact) mass is 573 g/mol. The standard InChI is InChI=1S/C34H51N7O/c1-22(40-21-23(2)41-17-7-8-29(41)20-35)19-34(33(36)39-6)30-15-13-25(24(3)37-4)9-10-26(30)11-12-27-18-28(32(42)38-5)14-16-31(27)34/h14,16,18,22,25-26,29-30,37,40H,2-3,7-13,15,17,19,21H2,1,4-6H3,(H2,36,39)(H,38,42)/t22-,25-,26?,29?,30?,34?/m1/s1. The molecule has 3 aliphatic rings. The molecule has 0 spiro atoms. The van der Waals surface area contributed by atoms with Gasteiger partial charge in [-0.05, 0) is 106 Å². The minimum absolute atomic E-state index is 0.0708. The molecule has 0 aromatic heterocycles. The molecular weight excluding hydrogens is 522 g/mol. The predicted molar refractivity (Wildman–Crippen MR) is 171 cm³/mol. The number of aliphatic imine (C=N–C) groups is 1. The quantitative estimate of drug-likeness (QED) is 0.246. The Kier molecular flexibility index (Phi) is 10.4. The molecular formula is C34H51N7O. The Bertz CT molecular complexity index is 1230. The lowest BCUT2D eigenvalue weighted by molar-refractivity contribution is 0.0963. The van der Waals surface area contributed by atoms with Crippen LogP contribution in [0.15, 0.2) is 47.7 Å². The van der Waals surface area contributed by atoms with Gasteiger partial charge in [-0.1, -0.05) is 19.2 Å². The Balaban J connectivity index is 1.72. The molecule has 0 bridgehead atoms. The third-order valence-corrected chi connectivity index (χ3v) is 10.4. The van der Waals surface area contributed by atoms with E-state index in [1.165, 1.54) is 11.1 Å². The Hall–Kier alpha value is -3.31. The van der Waals surface area contributed by atoms with E-state index < -0.39 is 5.41 Å². The summed E-state index contributed by atoms with van der Waals surface area (Å²) in [5.41, 5.74) is 11.8. The molecule has 42 heavy (non-hydrogen) atoms. The normalized spacial score (nSPS) is 28.4. The number of rotatable bonds is 10. The third kappa shape index (κ3) is 6.22.